The SMILES string of the molecule is O=C(NCc1nc(C(=O)N2CCCCC2C(=O)O)cs1)OCC1c2ccccc2-c2ccccc21. The maximum Gasteiger partial charge on any atom is 0.407 e. The first-order chi connectivity index (χ1) is 17.0. The Labute approximate surface area is 206 Å². The average Bonchev–Trinajstić information content (AvgIpc) is 3.49. The second-order valence-electron chi connectivity index (χ2n) is 8.65. The van der Waals surface area contributed by atoms with Crippen LogP contribution >= 0.6 is 11.3 Å². The van der Waals surface area contributed by atoms with E-state index >= 15 is 0 Å². The van der Waals surface area contributed by atoms with Gasteiger partial charge in [0.05, 0.1) is 6.54 Å². The van der Waals surface area contributed by atoms with Crippen molar-refractivity contribution in [1.82, 2.24) is 15.2 Å². The number of nitrogens with zero attached hydrogens (tertiary/aromatic N) is 2. The highest BCUT2D eigenvalue weighted by atomic mass is 32.1. The van der Waals surface area contributed by atoms with E-state index in [0.717, 1.165) is 35.1 Å². The Bertz CT molecular complexity index is 1230. The highest BCUT2D eigenvalue weighted by Crippen LogP contribution is 2.44. The number of carboxylic acid groups (broad SMARTS) is 1. The number of ether oxygens (including phenoxy) is 1. The third-order valence-corrected chi connectivity index (χ3v) is 7.40. The lowest BCUT2D eigenvalue weighted by atomic mass is 9.98. The Morgan fingerprint density at radius 2 is 1.74 bits per heavy atom. The standard InChI is InChI=1S/C26H25N3O5S/c30-24(29-12-6-5-11-22(29)25(31)32)21-15-35-23(28-21)13-27-26(33)34-14-20-18-9-3-1-7-16(18)17-8-2-4-10-19(17)20/h1-4,7-10,15,20,22H,5-6,11-14H2,(H,27,33)(H,31,32). The van der Waals surface area contributed by atoms with Gasteiger partial charge in [-0.05, 0) is 41.5 Å². The molecule has 1 saturated heterocycles. The minimum atomic E-state index is -0.995. The van der Waals surface area contributed by atoms with Gasteiger partial charge in [-0.2, -0.15) is 0 Å². The van der Waals surface area contributed by atoms with E-state index in [1.54, 1.807) is 5.38 Å². The van der Waals surface area contributed by atoms with Crippen LogP contribution in [-0.2, 0) is 16.1 Å². The van der Waals surface area contributed by atoms with Gasteiger partial charge in [0.25, 0.3) is 5.91 Å². The molecule has 1 aromatic heterocycles. The van der Waals surface area contributed by atoms with Gasteiger partial charge < -0.3 is 20.1 Å². The average molecular weight is 492 g/mol. The molecule has 1 aliphatic heterocycles. The van der Waals surface area contributed by atoms with Gasteiger partial charge in [0, 0.05) is 17.8 Å². The molecule has 8 nitrogen and oxygen atoms in total. The summed E-state index contributed by atoms with van der Waals surface area (Å²) in [4.78, 5) is 42.4. The van der Waals surface area contributed by atoms with Crippen molar-refractivity contribution < 1.29 is 24.2 Å². The van der Waals surface area contributed by atoms with E-state index in [0.29, 0.717) is 18.0 Å². The van der Waals surface area contributed by atoms with Crippen LogP contribution in [0, 0.1) is 0 Å². The quantitative estimate of drug-likeness (QED) is 0.533. The molecule has 2 heterocycles. The summed E-state index contributed by atoms with van der Waals surface area (Å²) in [5.74, 6) is -1.41. The molecule has 180 valence electrons. The fourth-order valence-corrected chi connectivity index (χ4v) is 5.57. The number of benzene rings is 2. The zero-order chi connectivity index (χ0) is 24.4. The number of fused-ring (bicyclic) bond motifs is 3. The first-order valence-electron chi connectivity index (χ1n) is 11.6. The van der Waals surface area contributed by atoms with Gasteiger partial charge >= 0.3 is 12.1 Å². The molecule has 35 heavy (non-hydrogen) atoms. The van der Waals surface area contributed by atoms with Crippen molar-refractivity contribution in [3.63, 3.8) is 0 Å². The first-order valence-corrected chi connectivity index (χ1v) is 12.5. The lowest BCUT2D eigenvalue weighted by molar-refractivity contribution is -0.143. The number of thiazole rings is 1. The van der Waals surface area contributed by atoms with Crippen LogP contribution in [0.1, 0.15) is 51.8 Å². The molecule has 1 atom stereocenters. The second kappa shape index (κ2) is 9.87. The third kappa shape index (κ3) is 4.64. The van der Waals surface area contributed by atoms with Crippen LogP contribution in [0.5, 0.6) is 0 Å². The summed E-state index contributed by atoms with van der Waals surface area (Å²) in [6.07, 6.45) is 1.45. The predicted octanol–water partition coefficient (Wildman–Crippen LogP) is 4.26. The molecule has 1 fully saturated rings. The maximum atomic E-state index is 12.8. The minimum Gasteiger partial charge on any atom is -0.480 e. The number of carboxylic acids is 1. The molecule has 0 bridgehead atoms. The van der Waals surface area contributed by atoms with Crippen LogP contribution in [0.4, 0.5) is 4.79 Å². The highest BCUT2D eigenvalue weighted by molar-refractivity contribution is 7.09. The van der Waals surface area contributed by atoms with Gasteiger partial charge in [-0.3, -0.25) is 4.79 Å². The lowest BCUT2D eigenvalue weighted by Gasteiger charge is -2.32. The number of carbonyl (C=O) groups excluding carboxylic acids is 2. The molecule has 1 aliphatic carbocycles. The van der Waals surface area contributed by atoms with Crippen LogP contribution in [0.25, 0.3) is 11.1 Å². The molecule has 3 aromatic rings. The Kier molecular flexibility index (Phi) is 6.50. The van der Waals surface area contributed by atoms with Gasteiger partial charge in [-0.25, -0.2) is 14.6 Å². The molecule has 0 saturated carbocycles. The minimum absolute atomic E-state index is 0.0241. The summed E-state index contributed by atoms with van der Waals surface area (Å²) in [6, 6.07) is 15.5. The molecular weight excluding hydrogens is 466 g/mol. The Morgan fingerprint density at radius 1 is 1.06 bits per heavy atom. The maximum absolute atomic E-state index is 12.8. The van der Waals surface area contributed by atoms with Crippen molar-refractivity contribution in [2.24, 2.45) is 0 Å². The number of nitrogens with one attached hydrogen (secondary N) is 1. The Balaban J connectivity index is 1.17. The van der Waals surface area contributed by atoms with E-state index in [-0.39, 0.29) is 30.7 Å². The van der Waals surface area contributed by atoms with Crippen molar-refractivity contribution in [1.29, 1.82) is 0 Å². The monoisotopic (exact) mass is 491 g/mol. The number of aromatic nitrogens is 1. The van der Waals surface area contributed by atoms with Gasteiger partial charge in [-0.15, -0.1) is 11.3 Å². The number of hydrogen-bond donors (Lipinski definition) is 2. The second-order valence-corrected chi connectivity index (χ2v) is 9.60. The summed E-state index contributed by atoms with van der Waals surface area (Å²) >= 11 is 1.24. The van der Waals surface area contributed by atoms with Crippen LogP contribution in [0.15, 0.2) is 53.9 Å². The number of likely N-dealkylation sites (tertiary alicyclic amines) is 1. The van der Waals surface area contributed by atoms with Crippen molar-refractivity contribution in [2.45, 2.75) is 37.8 Å². The van der Waals surface area contributed by atoms with Crippen molar-refractivity contribution in [2.75, 3.05) is 13.2 Å². The van der Waals surface area contributed by atoms with Crippen molar-refractivity contribution in [3.8, 4) is 11.1 Å². The number of aliphatic carboxylic acids is 1. The summed E-state index contributed by atoms with van der Waals surface area (Å²) in [7, 11) is 0. The van der Waals surface area contributed by atoms with E-state index in [9.17, 15) is 19.5 Å². The number of alkyl carbamates (subject to hydrolysis) is 1. The topological polar surface area (TPSA) is 109 Å². The molecular formula is C26H25N3O5S. The van der Waals surface area contributed by atoms with Crippen LogP contribution in [-0.4, -0.2) is 52.2 Å². The van der Waals surface area contributed by atoms with Gasteiger partial charge in [0.15, 0.2) is 0 Å². The van der Waals surface area contributed by atoms with Crippen molar-refractivity contribution >= 4 is 29.3 Å². The molecule has 2 N–H and O–H groups in total. The number of piperidine rings is 1. The summed E-state index contributed by atoms with van der Waals surface area (Å²) in [6.45, 7) is 0.741. The Hall–Kier alpha value is -3.72. The Morgan fingerprint density at radius 3 is 2.43 bits per heavy atom. The molecule has 1 unspecified atom stereocenters. The van der Waals surface area contributed by atoms with E-state index in [1.807, 2.05) is 24.3 Å². The van der Waals surface area contributed by atoms with E-state index in [4.69, 9.17) is 4.74 Å². The number of carbonyl (C=O) groups is 3. The van der Waals surface area contributed by atoms with E-state index in [1.165, 1.54) is 16.2 Å². The summed E-state index contributed by atoms with van der Waals surface area (Å²) in [5.41, 5.74) is 4.81. The lowest BCUT2D eigenvalue weighted by Crippen LogP contribution is -2.48. The number of amides is 2. The molecule has 9 heteroatoms. The fourth-order valence-electron chi connectivity index (χ4n) is 4.87. The number of rotatable bonds is 6. The fraction of sp³-hybridized carbons (Fsp3) is 0.308. The molecule has 0 radical (unpaired) electrons. The van der Waals surface area contributed by atoms with Gasteiger partial charge in [0.1, 0.15) is 23.4 Å². The smallest absolute Gasteiger partial charge is 0.407 e. The first kappa shape index (κ1) is 23.0. The molecule has 2 amide bonds. The van der Waals surface area contributed by atoms with Gasteiger partial charge in [-0.1, -0.05) is 48.5 Å². The van der Waals surface area contributed by atoms with Crippen LogP contribution in [0.3, 0.4) is 0 Å². The number of hydrogen-bond acceptors (Lipinski definition) is 6. The molecule has 5 rings (SSSR count). The highest BCUT2D eigenvalue weighted by Gasteiger charge is 2.33. The zero-order valence-electron chi connectivity index (χ0n) is 19.0. The van der Waals surface area contributed by atoms with Crippen LogP contribution < -0.4 is 5.32 Å². The predicted molar refractivity (Wildman–Crippen MR) is 130 cm³/mol. The van der Waals surface area contributed by atoms with E-state index in [2.05, 4.69) is 34.6 Å². The zero-order valence-corrected chi connectivity index (χ0v) is 19.8. The normalized spacial score (nSPS) is 16.9. The summed E-state index contributed by atoms with van der Waals surface area (Å²) in [5, 5.41) is 14.3. The largest absolute Gasteiger partial charge is 0.480 e. The third-order valence-electron chi connectivity index (χ3n) is 6.55. The van der Waals surface area contributed by atoms with E-state index < -0.39 is 18.1 Å². The molecule has 2 aromatic carbocycles. The summed E-state index contributed by atoms with van der Waals surface area (Å²) < 4.78 is 5.54. The van der Waals surface area contributed by atoms with Gasteiger partial charge in [0.2, 0.25) is 0 Å². The van der Waals surface area contributed by atoms with Crippen molar-refractivity contribution in [3.05, 3.63) is 75.7 Å². The van der Waals surface area contributed by atoms with Crippen LogP contribution in [0.2, 0.25) is 0 Å². The molecule has 0 spiro atoms. The molecule has 2 aliphatic rings.